The first-order valence-electron chi connectivity index (χ1n) is 5.31. The molecule has 0 bridgehead atoms. The summed E-state index contributed by atoms with van der Waals surface area (Å²) < 4.78 is 0. The zero-order valence-corrected chi connectivity index (χ0v) is 10.6. The van der Waals surface area contributed by atoms with Gasteiger partial charge in [0.25, 0.3) is 0 Å². The second kappa shape index (κ2) is 5.06. The lowest BCUT2D eigenvalue weighted by Gasteiger charge is -2.14. The molecule has 4 heteroatoms. The molecule has 0 aliphatic carbocycles. The van der Waals surface area contributed by atoms with Crippen LogP contribution in [0.5, 0.6) is 0 Å². The highest BCUT2D eigenvalue weighted by atomic mass is 35.5. The van der Waals surface area contributed by atoms with E-state index in [2.05, 4.69) is 27.3 Å². The van der Waals surface area contributed by atoms with E-state index in [1.54, 1.807) is 12.3 Å². The Morgan fingerprint density at radius 3 is 2.59 bits per heavy atom. The van der Waals surface area contributed by atoms with Gasteiger partial charge in [-0.15, -0.1) is 0 Å². The molecule has 88 valence electrons. The maximum absolute atomic E-state index is 5.83. The van der Waals surface area contributed by atoms with Crippen molar-refractivity contribution in [1.29, 1.82) is 0 Å². The van der Waals surface area contributed by atoms with E-state index in [0.29, 0.717) is 5.15 Å². The van der Waals surface area contributed by atoms with Gasteiger partial charge in [0, 0.05) is 37.4 Å². The van der Waals surface area contributed by atoms with E-state index >= 15 is 0 Å². The normalized spacial score (nSPS) is 10.1. The Bertz CT molecular complexity index is 512. The molecule has 0 spiro atoms. The Balaban J connectivity index is 2.21. The van der Waals surface area contributed by atoms with Crippen LogP contribution in [0, 0.1) is 0 Å². The Hall–Kier alpha value is -1.74. The molecule has 0 saturated heterocycles. The maximum Gasteiger partial charge on any atom is 0.131 e. The van der Waals surface area contributed by atoms with Crippen molar-refractivity contribution in [3.8, 4) is 0 Å². The van der Waals surface area contributed by atoms with Crippen molar-refractivity contribution in [3.63, 3.8) is 0 Å². The van der Waals surface area contributed by atoms with Crippen LogP contribution in [0.4, 0.5) is 17.1 Å². The molecule has 17 heavy (non-hydrogen) atoms. The molecule has 1 heterocycles. The number of rotatable bonds is 3. The number of halogens is 1. The zero-order chi connectivity index (χ0) is 12.3. The average molecular weight is 248 g/mol. The monoisotopic (exact) mass is 247 g/mol. The first-order valence-corrected chi connectivity index (χ1v) is 5.69. The minimum absolute atomic E-state index is 0.485. The summed E-state index contributed by atoms with van der Waals surface area (Å²) in [4.78, 5) is 6.00. The smallest absolute Gasteiger partial charge is 0.131 e. The molecule has 2 aromatic rings. The fourth-order valence-corrected chi connectivity index (χ4v) is 1.68. The Morgan fingerprint density at radius 1 is 1.12 bits per heavy atom. The predicted octanol–water partition coefficient (Wildman–Crippen LogP) is 3.54. The van der Waals surface area contributed by atoms with E-state index in [0.717, 1.165) is 17.1 Å². The number of nitrogens with one attached hydrogen (secondary N) is 1. The SMILES string of the molecule is CN(C)c1cccc(Nc2ccnc(Cl)c2)c1. The van der Waals surface area contributed by atoms with Crippen molar-refractivity contribution in [2.24, 2.45) is 0 Å². The van der Waals surface area contributed by atoms with Gasteiger partial charge in [-0.25, -0.2) is 4.98 Å². The topological polar surface area (TPSA) is 28.2 Å². The fraction of sp³-hybridized carbons (Fsp3) is 0.154. The van der Waals surface area contributed by atoms with Gasteiger partial charge in [-0.3, -0.25) is 0 Å². The Kier molecular flexibility index (Phi) is 3.49. The summed E-state index contributed by atoms with van der Waals surface area (Å²) in [6.45, 7) is 0. The van der Waals surface area contributed by atoms with Crippen molar-refractivity contribution in [2.45, 2.75) is 0 Å². The number of hydrogen-bond acceptors (Lipinski definition) is 3. The van der Waals surface area contributed by atoms with Gasteiger partial charge < -0.3 is 10.2 Å². The highest BCUT2D eigenvalue weighted by molar-refractivity contribution is 6.29. The lowest BCUT2D eigenvalue weighted by Crippen LogP contribution is -2.08. The number of pyridine rings is 1. The highest BCUT2D eigenvalue weighted by Gasteiger charge is 1.99. The standard InChI is InChI=1S/C13H14ClN3/c1-17(2)12-5-3-4-10(8-12)16-11-6-7-15-13(14)9-11/h3-9H,1-2H3,(H,15,16). The molecule has 1 aromatic heterocycles. The quantitative estimate of drug-likeness (QED) is 0.841. The third-order valence-electron chi connectivity index (χ3n) is 2.38. The van der Waals surface area contributed by atoms with Crippen LogP contribution in [0.1, 0.15) is 0 Å². The number of benzene rings is 1. The molecule has 1 aromatic carbocycles. The zero-order valence-electron chi connectivity index (χ0n) is 9.81. The largest absolute Gasteiger partial charge is 0.378 e. The first kappa shape index (κ1) is 11.7. The summed E-state index contributed by atoms with van der Waals surface area (Å²) in [7, 11) is 4.03. The molecule has 0 fully saturated rings. The van der Waals surface area contributed by atoms with Gasteiger partial charge in [0.2, 0.25) is 0 Å². The average Bonchev–Trinajstić information content (AvgIpc) is 2.29. The lowest BCUT2D eigenvalue weighted by molar-refractivity contribution is 1.13. The summed E-state index contributed by atoms with van der Waals surface area (Å²) in [6, 6.07) is 11.8. The van der Waals surface area contributed by atoms with E-state index in [1.807, 2.05) is 32.3 Å². The first-order chi connectivity index (χ1) is 8.15. The fourth-order valence-electron chi connectivity index (χ4n) is 1.51. The van der Waals surface area contributed by atoms with Gasteiger partial charge >= 0.3 is 0 Å². The van der Waals surface area contributed by atoms with Crippen LogP contribution >= 0.6 is 11.6 Å². The van der Waals surface area contributed by atoms with Crippen molar-refractivity contribution >= 4 is 28.7 Å². The third kappa shape index (κ3) is 3.11. The number of anilines is 3. The predicted molar refractivity (Wildman–Crippen MR) is 73.3 cm³/mol. The summed E-state index contributed by atoms with van der Waals surface area (Å²) in [5, 5.41) is 3.77. The molecule has 1 N–H and O–H groups in total. The van der Waals surface area contributed by atoms with Crippen molar-refractivity contribution in [3.05, 3.63) is 47.7 Å². The van der Waals surface area contributed by atoms with Crippen LogP contribution in [0.15, 0.2) is 42.6 Å². The Labute approximate surface area is 106 Å². The minimum Gasteiger partial charge on any atom is -0.378 e. The van der Waals surface area contributed by atoms with Gasteiger partial charge in [0.1, 0.15) is 5.15 Å². The van der Waals surface area contributed by atoms with Crippen LogP contribution in [0.25, 0.3) is 0 Å². The van der Waals surface area contributed by atoms with Gasteiger partial charge in [-0.1, -0.05) is 17.7 Å². The van der Waals surface area contributed by atoms with E-state index in [4.69, 9.17) is 11.6 Å². The van der Waals surface area contributed by atoms with Crippen LogP contribution in [0.2, 0.25) is 5.15 Å². The van der Waals surface area contributed by atoms with Crippen LogP contribution in [-0.2, 0) is 0 Å². The summed E-state index contributed by atoms with van der Waals surface area (Å²) in [6.07, 6.45) is 1.68. The molecule has 0 unspecified atom stereocenters. The molecule has 0 atom stereocenters. The number of nitrogens with zero attached hydrogens (tertiary/aromatic N) is 2. The van der Waals surface area contributed by atoms with Gasteiger partial charge in [-0.05, 0) is 30.3 Å². The number of aromatic nitrogens is 1. The second-order valence-electron chi connectivity index (χ2n) is 3.94. The number of hydrogen-bond donors (Lipinski definition) is 1. The molecular formula is C13H14ClN3. The Morgan fingerprint density at radius 2 is 1.88 bits per heavy atom. The minimum atomic E-state index is 0.485. The molecular weight excluding hydrogens is 234 g/mol. The van der Waals surface area contributed by atoms with Crippen LogP contribution in [0.3, 0.4) is 0 Å². The van der Waals surface area contributed by atoms with Crippen molar-refractivity contribution in [1.82, 2.24) is 4.98 Å². The van der Waals surface area contributed by atoms with Crippen LogP contribution in [-0.4, -0.2) is 19.1 Å². The highest BCUT2D eigenvalue weighted by Crippen LogP contribution is 2.22. The molecule has 0 aliphatic heterocycles. The summed E-state index contributed by atoms with van der Waals surface area (Å²) >= 11 is 5.83. The van der Waals surface area contributed by atoms with E-state index in [1.165, 1.54) is 0 Å². The van der Waals surface area contributed by atoms with Crippen molar-refractivity contribution < 1.29 is 0 Å². The molecule has 0 aliphatic rings. The third-order valence-corrected chi connectivity index (χ3v) is 2.58. The maximum atomic E-state index is 5.83. The summed E-state index contributed by atoms with van der Waals surface area (Å²) in [5.41, 5.74) is 3.11. The van der Waals surface area contributed by atoms with E-state index in [-0.39, 0.29) is 0 Å². The van der Waals surface area contributed by atoms with Crippen molar-refractivity contribution in [2.75, 3.05) is 24.3 Å². The molecule has 2 rings (SSSR count). The van der Waals surface area contributed by atoms with Gasteiger partial charge in [0.15, 0.2) is 0 Å². The molecule has 0 saturated carbocycles. The molecule has 3 nitrogen and oxygen atoms in total. The van der Waals surface area contributed by atoms with E-state index < -0.39 is 0 Å². The van der Waals surface area contributed by atoms with Gasteiger partial charge in [-0.2, -0.15) is 0 Å². The lowest BCUT2D eigenvalue weighted by atomic mass is 10.2. The van der Waals surface area contributed by atoms with E-state index in [9.17, 15) is 0 Å². The molecule has 0 amide bonds. The summed E-state index contributed by atoms with van der Waals surface area (Å²) in [5.74, 6) is 0. The van der Waals surface area contributed by atoms with Gasteiger partial charge in [0.05, 0.1) is 0 Å². The second-order valence-corrected chi connectivity index (χ2v) is 4.32. The molecule has 0 radical (unpaired) electrons. The van der Waals surface area contributed by atoms with Crippen LogP contribution < -0.4 is 10.2 Å².